The van der Waals surface area contributed by atoms with Gasteiger partial charge in [0.2, 0.25) is 6.29 Å². The van der Waals surface area contributed by atoms with Crippen molar-refractivity contribution in [2.75, 3.05) is 26.4 Å². The number of ether oxygens (including phenoxy) is 8. The van der Waals surface area contributed by atoms with Gasteiger partial charge in [-0.3, -0.25) is 4.79 Å². The van der Waals surface area contributed by atoms with E-state index < -0.39 is 165 Å². The first-order valence-corrected chi connectivity index (χ1v) is 27.3. The second kappa shape index (κ2) is 21.3. The van der Waals surface area contributed by atoms with E-state index in [0.29, 0.717) is 25.7 Å². The molecule has 4 saturated heterocycles. The highest BCUT2D eigenvalue weighted by Gasteiger charge is 2.72. The molecular weight excluding hydrogens is 1000 g/mol. The Labute approximate surface area is 442 Å². The third-order valence-corrected chi connectivity index (χ3v) is 21.0. The molecule has 0 amide bonds. The van der Waals surface area contributed by atoms with Gasteiger partial charge in [0.25, 0.3) is 0 Å². The Kier molecular flexibility index (Phi) is 16.5. The monoisotopic (exact) mass is 1090 g/mol. The van der Waals surface area contributed by atoms with E-state index in [2.05, 4.69) is 54.5 Å². The Morgan fingerprint density at radius 3 is 1.86 bits per heavy atom. The highest BCUT2D eigenvalue weighted by molar-refractivity contribution is 5.80. The first-order valence-electron chi connectivity index (χ1n) is 27.3. The lowest BCUT2D eigenvalue weighted by Crippen LogP contribution is -2.68. The largest absolute Gasteiger partial charge is 0.432 e. The number of carbonyl (C=O) groups is 1. The number of hydrogen-bond acceptors (Lipinski definition) is 23. The van der Waals surface area contributed by atoms with Crippen molar-refractivity contribution >= 4 is 5.97 Å². The van der Waals surface area contributed by atoms with Gasteiger partial charge in [0.1, 0.15) is 97.0 Å². The molecule has 4 saturated carbocycles. The molecule has 4 aliphatic heterocycles. The molecule has 23 nitrogen and oxygen atoms in total. The zero-order valence-corrected chi connectivity index (χ0v) is 44.6. The Bertz CT molecular complexity index is 2090. The maximum Gasteiger partial charge on any atom is 0.317 e. The van der Waals surface area contributed by atoms with Crippen LogP contribution in [0, 0.1) is 50.2 Å². The van der Waals surface area contributed by atoms with Crippen molar-refractivity contribution < 1.29 is 114 Å². The van der Waals surface area contributed by atoms with Crippen LogP contribution in [0.25, 0.3) is 0 Å². The van der Waals surface area contributed by atoms with Gasteiger partial charge in [0.15, 0.2) is 18.9 Å². The van der Waals surface area contributed by atoms with Crippen LogP contribution in [0.2, 0.25) is 0 Å². The maximum atomic E-state index is 15.2. The van der Waals surface area contributed by atoms with E-state index in [-0.39, 0.29) is 59.0 Å². The molecule has 0 aromatic rings. The van der Waals surface area contributed by atoms with Gasteiger partial charge in [0, 0.05) is 0 Å². The summed E-state index contributed by atoms with van der Waals surface area (Å²) >= 11 is 0. The lowest BCUT2D eigenvalue weighted by Gasteiger charge is -2.71. The van der Waals surface area contributed by atoms with Gasteiger partial charge in [0.05, 0.1) is 38.6 Å². The van der Waals surface area contributed by atoms with Gasteiger partial charge in [-0.25, -0.2) is 0 Å². The van der Waals surface area contributed by atoms with Crippen LogP contribution >= 0.6 is 0 Å². The Morgan fingerprint density at radius 1 is 0.605 bits per heavy atom. The molecule has 76 heavy (non-hydrogen) atoms. The molecule has 14 N–H and O–H groups in total. The molecule has 9 rings (SSSR count). The number of allylic oxidation sites excluding steroid dienone is 2. The second-order valence-corrected chi connectivity index (χ2v) is 26.0. The lowest BCUT2D eigenvalue weighted by molar-refractivity contribution is -0.372. The molecule has 28 unspecified atom stereocenters. The lowest BCUT2D eigenvalue weighted by atomic mass is 9.33. The van der Waals surface area contributed by atoms with Crippen molar-refractivity contribution in [1.82, 2.24) is 0 Å². The van der Waals surface area contributed by atoms with Crippen LogP contribution in [0.4, 0.5) is 0 Å². The predicted molar refractivity (Wildman–Crippen MR) is 258 cm³/mol. The van der Waals surface area contributed by atoms with Crippen molar-refractivity contribution in [3.05, 3.63) is 11.6 Å². The normalized spacial score (nSPS) is 54.0. The smallest absolute Gasteiger partial charge is 0.317 e. The Balaban J connectivity index is 0.935. The Hall–Kier alpha value is -1.63. The third kappa shape index (κ3) is 9.46. The van der Waals surface area contributed by atoms with Crippen LogP contribution in [0.3, 0.4) is 0 Å². The van der Waals surface area contributed by atoms with Crippen LogP contribution in [-0.4, -0.2) is 233 Å². The average molecular weight is 1090 g/mol. The summed E-state index contributed by atoms with van der Waals surface area (Å²) in [6.45, 7) is 13.1. The molecule has 0 aromatic heterocycles. The molecular formula is C53H86O23. The summed E-state index contributed by atoms with van der Waals surface area (Å²) < 4.78 is 47.1. The molecule has 23 heteroatoms. The summed E-state index contributed by atoms with van der Waals surface area (Å²) in [7, 11) is 0. The molecule has 0 radical (unpaired) electrons. The number of hydrogen-bond donors (Lipinski definition) is 14. The van der Waals surface area contributed by atoms with E-state index in [4.69, 9.17) is 37.9 Å². The molecule has 4 heterocycles. The highest BCUT2D eigenvalue weighted by Crippen LogP contribution is 2.76. The number of esters is 1. The van der Waals surface area contributed by atoms with E-state index in [0.717, 1.165) is 24.8 Å². The fourth-order valence-corrected chi connectivity index (χ4v) is 16.2. The van der Waals surface area contributed by atoms with Crippen molar-refractivity contribution in [3.8, 4) is 0 Å². The van der Waals surface area contributed by atoms with E-state index >= 15 is 4.79 Å². The number of fused-ring (bicyclic) bond motifs is 7. The second-order valence-electron chi connectivity index (χ2n) is 26.0. The van der Waals surface area contributed by atoms with Crippen molar-refractivity contribution in [3.63, 3.8) is 0 Å². The van der Waals surface area contributed by atoms with Gasteiger partial charge < -0.3 is 109 Å². The number of aliphatic hydroxyl groups is 14. The quantitative estimate of drug-likeness (QED) is 0.0581. The molecule has 5 aliphatic carbocycles. The fourth-order valence-electron chi connectivity index (χ4n) is 16.2. The summed E-state index contributed by atoms with van der Waals surface area (Å²) in [5.41, 5.74) is -2.16. The van der Waals surface area contributed by atoms with E-state index in [9.17, 15) is 71.5 Å². The Morgan fingerprint density at radius 2 is 1.20 bits per heavy atom. The molecule has 9 aliphatic rings. The minimum atomic E-state index is -1.98. The summed E-state index contributed by atoms with van der Waals surface area (Å²) in [5, 5.41) is 151. The molecule has 0 spiro atoms. The molecule has 436 valence electrons. The van der Waals surface area contributed by atoms with Gasteiger partial charge in [-0.2, -0.15) is 0 Å². The van der Waals surface area contributed by atoms with Gasteiger partial charge in [-0.05, 0) is 103 Å². The van der Waals surface area contributed by atoms with Crippen LogP contribution in [-0.2, 0) is 42.7 Å². The predicted octanol–water partition coefficient (Wildman–Crippen LogP) is -2.43. The molecule has 0 aromatic carbocycles. The highest BCUT2D eigenvalue weighted by atomic mass is 16.8. The summed E-state index contributed by atoms with van der Waals surface area (Å²) in [4.78, 5) is 15.2. The average Bonchev–Trinajstić information content (AvgIpc) is 3.39. The summed E-state index contributed by atoms with van der Waals surface area (Å²) in [5.74, 6) is -0.998. The first-order chi connectivity index (χ1) is 35.5. The van der Waals surface area contributed by atoms with Crippen molar-refractivity contribution in [2.45, 2.75) is 235 Å². The SMILES string of the molecule is CC1(C)CCC2(C(=O)OC3OC(COC4OC(CO)C(O)C(O)C4OC4OC(CO)C(O)C(O)C4O)C(O)C(O)C3O)C(O)CC3(C)C(=CCC4C5(C)CCC(OC6OCC(O)C(O)C6O)C(C)(C)C5CCC43C)C2C1. The van der Waals surface area contributed by atoms with Crippen LogP contribution in [0.1, 0.15) is 106 Å². The maximum absolute atomic E-state index is 15.2. The first kappa shape index (κ1) is 59.0. The standard InChI is InChI=1S/C53H86O23/c1-48(2)14-15-53(47(68)76-45-41(67)37(63)35(61)27(73-45)21-70-46-42(38(64)34(60)26(19-55)72-46)75-44-40(66)36(62)33(59)25(18-54)71-44)23(16-48)22-8-9-29-50(5)12-11-31(74-43-39(65)32(58)24(56)20-69-43)49(3,4)28(50)10-13-51(29,6)52(22,7)17-30(53)57/h8,23-46,54-67H,9-21H2,1-7H3. The molecule has 8 fully saturated rings. The van der Waals surface area contributed by atoms with Gasteiger partial charge in [-0.1, -0.05) is 60.1 Å². The van der Waals surface area contributed by atoms with Crippen LogP contribution in [0.15, 0.2) is 11.6 Å². The van der Waals surface area contributed by atoms with E-state index in [1.54, 1.807) is 0 Å². The van der Waals surface area contributed by atoms with Gasteiger partial charge in [-0.15, -0.1) is 0 Å². The summed E-state index contributed by atoms with van der Waals surface area (Å²) in [6.07, 6.45) is -25.7. The zero-order chi connectivity index (χ0) is 55.6. The summed E-state index contributed by atoms with van der Waals surface area (Å²) in [6, 6.07) is 0. The third-order valence-electron chi connectivity index (χ3n) is 21.0. The fraction of sp³-hybridized carbons (Fsp3) is 0.943. The van der Waals surface area contributed by atoms with Crippen molar-refractivity contribution in [1.29, 1.82) is 0 Å². The van der Waals surface area contributed by atoms with E-state index in [1.165, 1.54) is 0 Å². The minimum Gasteiger partial charge on any atom is -0.432 e. The van der Waals surface area contributed by atoms with Crippen LogP contribution in [0.5, 0.6) is 0 Å². The number of aliphatic hydroxyl groups excluding tert-OH is 14. The minimum absolute atomic E-state index is 0.154. The zero-order valence-electron chi connectivity index (χ0n) is 44.6. The van der Waals surface area contributed by atoms with E-state index in [1.807, 2.05) is 0 Å². The van der Waals surface area contributed by atoms with Crippen molar-refractivity contribution in [2.24, 2.45) is 50.2 Å². The molecule has 28 atom stereocenters. The number of carbonyl (C=O) groups excluding carboxylic acids is 1. The topological polar surface area (TPSA) is 374 Å². The van der Waals surface area contributed by atoms with Crippen LogP contribution < -0.4 is 0 Å². The molecule has 0 bridgehead atoms. The van der Waals surface area contributed by atoms with Gasteiger partial charge >= 0.3 is 5.97 Å². The number of rotatable bonds is 11.